The molecule has 4 rings (SSSR count). The van der Waals surface area contributed by atoms with Gasteiger partial charge in [0.15, 0.2) is 5.58 Å². The maximum atomic E-state index is 13.3. The fourth-order valence-corrected chi connectivity index (χ4v) is 5.41. The van der Waals surface area contributed by atoms with Crippen molar-refractivity contribution in [2.24, 2.45) is 0 Å². The van der Waals surface area contributed by atoms with E-state index < -0.39 is 10.0 Å². The first-order valence-corrected chi connectivity index (χ1v) is 12.3. The highest BCUT2D eigenvalue weighted by atomic mass is 35.5. The molecular formula is C22H25ClFN3O3S. The summed E-state index contributed by atoms with van der Waals surface area (Å²) in [4.78, 5) is 2.58. The first kappa shape index (κ1) is 22.2. The van der Waals surface area contributed by atoms with E-state index in [0.717, 1.165) is 56.4 Å². The molecule has 1 aromatic heterocycles. The van der Waals surface area contributed by atoms with Gasteiger partial charge in [-0.05, 0) is 75.6 Å². The van der Waals surface area contributed by atoms with Crippen LogP contribution in [0.1, 0.15) is 37.3 Å². The summed E-state index contributed by atoms with van der Waals surface area (Å²) in [6, 6.07) is 10.8. The van der Waals surface area contributed by atoms with Crippen LogP contribution in [0.5, 0.6) is 0 Å². The van der Waals surface area contributed by atoms with Gasteiger partial charge in [-0.1, -0.05) is 22.8 Å². The molecule has 0 bridgehead atoms. The van der Waals surface area contributed by atoms with Gasteiger partial charge >= 0.3 is 0 Å². The lowest BCUT2D eigenvalue weighted by molar-refractivity contribution is 0.206. The average molecular weight is 466 g/mol. The van der Waals surface area contributed by atoms with Crippen LogP contribution in [0, 0.1) is 5.82 Å². The summed E-state index contributed by atoms with van der Waals surface area (Å²) in [6.07, 6.45) is 3.62. The molecule has 0 unspecified atom stereocenters. The summed E-state index contributed by atoms with van der Waals surface area (Å²) in [6.45, 7) is 3.23. The summed E-state index contributed by atoms with van der Waals surface area (Å²) < 4.78 is 45.9. The topological polar surface area (TPSA) is 75.4 Å². The lowest BCUT2D eigenvalue weighted by atomic mass is 9.91. The number of sulfonamides is 1. The van der Waals surface area contributed by atoms with Gasteiger partial charge < -0.3 is 9.42 Å². The zero-order valence-corrected chi connectivity index (χ0v) is 18.6. The average Bonchev–Trinajstić information content (AvgIpc) is 3.17. The number of nitrogens with zero attached hydrogens (tertiary/aromatic N) is 2. The van der Waals surface area contributed by atoms with Crippen LogP contribution in [-0.2, 0) is 10.0 Å². The van der Waals surface area contributed by atoms with E-state index in [0.29, 0.717) is 23.1 Å². The fraction of sp³-hybridized carbons (Fsp3) is 0.409. The molecule has 2 heterocycles. The maximum Gasteiger partial charge on any atom is 0.240 e. The van der Waals surface area contributed by atoms with Crippen molar-refractivity contribution < 1.29 is 17.3 Å². The molecule has 9 heteroatoms. The molecule has 0 saturated carbocycles. The number of aromatic nitrogens is 1. The highest BCUT2D eigenvalue weighted by Gasteiger charge is 2.25. The van der Waals surface area contributed by atoms with Crippen LogP contribution in [0.15, 0.2) is 51.9 Å². The van der Waals surface area contributed by atoms with Crippen LogP contribution >= 0.6 is 11.6 Å². The lowest BCUT2D eigenvalue weighted by Crippen LogP contribution is -2.34. The van der Waals surface area contributed by atoms with Gasteiger partial charge in [-0.2, -0.15) is 0 Å². The first-order valence-electron chi connectivity index (χ1n) is 10.4. The van der Waals surface area contributed by atoms with E-state index in [1.165, 1.54) is 24.3 Å². The first-order chi connectivity index (χ1) is 14.9. The van der Waals surface area contributed by atoms with Crippen molar-refractivity contribution in [2.45, 2.75) is 36.5 Å². The third kappa shape index (κ3) is 5.44. The van der Waals surface area contributed by atoms with Gasteiger partial charge in [-0.3, -0.25) is 0 Å². The van der Waals surface area contributed by atoms with Crippen molar-refractivity contribution in [1.29, 1.82) is 0 Å². The Balaban J connectivity index is 1.19. The van der Waals surface area contributed by atoms with Gasteiger partial charge in [0, 0.05) is 28.9 Å². The van der Waals surface area contributed by atoms with Crippen molar-refractivity contribution in [1.82, 2.24) is 14.8 Å². The second kappa shape index (κ2) is 9.65. The summed E-state index contributed by atoms with van der Waals surface area (Å²) in [5.41, 5.74) is 1.42. The van der Waals surface area contributed by atoms with Crippen LogP contribution < -0.4 is 4.72 Å². The van der Waals surface area contributed by atoms with Gasteiger partial charge in [-0.25, -0.2) is 17.5 Å². The van der Waals surface area contributed by atoms with Crippen LogP contribution in [0.4, 0.5) is 4.39 Å². The summed E-state index contributed by atoms with van der Waals surface area (Å²) in [5.74, 6) is -0.00709. The van der Waals surface area contributed by atoms with E-state index in [1.807, 2.05) is 0 Å². The Labute approximate surface area is 186 Å². The van der Waals surface area contributed by atoms with E-state index in [-0.39, 0.29) is 10.7 Å². The largest absolute Gasteiger partial charge is 0.356 e. The summed E-state index contributed by atoms with van der Waals surface area (Å²) in [7, 11) is -3.53. The van der Waals surface area contributed by atoms with E-state index in [4.69, 9.17) is 16.1 Å². The number of halogens is 2. The highest BCUT2D eigenvalue weighted by molar-refractivity contribution is 7.89. The van der Waals surface area contributed by atoms with Gasteiger partial charge in [0.1, 0.15) is 5.82 Å². The van der Waals surface area contributed by atoms with Crippen molar-refractivity contribution in [3.8, 4) is 0 Å². The molecule has 6 nitrogen and oxygen atoms in total. The zero-order valence-electron chi connectivity index (χ0n) is 17.1. The molecule has 1 saturated heterocycles. The van der Waals surface area contributed by atoms with Crippen LogP contribution in [0.2, 0.25) is 5.02 Å². The Morgan fingerprint density at radius 2 is 1.97 bits per heavy atom. The smallest absolute Gasteiger partial charge is 0.240 e. The molecular weight excluding hydrogens is 441 g/mol. The van der Waals surface area contributed by atoms with Crippen LogP contribution in [0.3, 0.4) is 0 Å². The van der Waals surface area contributed by atoms with E-state index in [2.05, 4.69) is 14.8 Å². The number of fused-ring (bicyclic) bond motifs is 1. The fourth-order valence-electron chi connectivity index (χ4n) is 4.04. The number of hydrogen-bond acceptors (Lipinski definition) is 5. The Morgan fingerprint density at radius 1 is 1.16 bits per heavy atom. The molecule has 1 N–H and O–H groups in total. The number of rotatable bonds is 8. The van der Waals surface area contributed by atoms with Crippen LogP contribution in [-0.4, -0.2) is 44.7 Å². The molecule has 2 aromatic carbocycles. The lowest BCUT2D eigenvalue weighted by Gasteiger charge is -2.31. The van der Waals surface area contributed by atoms with E-state index in [9.17, 15) is 12.8 Å². The van der Waals surface area contributed by atoms with E-state index in [1.54, 1.807) is 18.2 Å². The molecule has 3 aromatic rings. The molecule has 166 valence electrons. The minimum absolute atomic E-state index is 0.185. The Kier molecular flexibility index (Phi) is 6.91. The number of nitrogens with one attached hydrogen (secondary N) is 1. The predicted molar refractivity (Wildman–Crippen MR) is 118 cm³/mol. The molecule has 31 heavy (non-hydrogen) atoms. The van der Waals surface area contributed by atoms with Crippen molar-refractivity contribution in [3.05, 3.63) is 59.0 Å². The molecule has 0 spiro atoms. The van der Waals surface area contributed by atoms with Gasteiger partial charge in [0.25, 0.3) is 0 Å². The van der Waals surface area contributed by atoms with Gasteiger partial charge in [0.2, 0.25) is 10.0 Å². The molecule has 1 fully saturated rings. The second-order valence-corrected chi connectivity index (χ2v) is 10.1. The standard InChI is InChI=1S/C22H25ClFN3O3S/c23-17-4-3-5-19(14-17)31(28,29)25-10-1-2-11-27-12-8-16(9-13-27)22-20-7-6-18(24)15-21(20)30-26-22/h3-7,14-16,25H,1-2,8-13H2. The van der Waals surface area contributed by atoms with Crippen molar-refractivity contribution >= 4 is 32.6 Å². The molecule has 1 aliphatic rings. The monoisotopic (exact) mass is 465 g/mol. The number of hydrogen-bond donors (Lipinski definition) is 1. The second-order valence-electron chi connectivity index (χ2n) is 7.89. The maximum absolute atomic E-state index is 13.3. The molecule has 0 amide bonds. The highest BCUT2D eigenvalue weighted by Crippen LogP contribution is 2.32. The van der Waals surface area contributed by atoms with Crippen LogP contribution in [0.25, 0.3) is 11.0 Å². The Morgan fingerprint density at radius 3 is 2.74 bits per heavy atom. The SMILES string of the molecule is O=S(=O)(NCCCCN1CCC(c2noc3cc(F)ccc23)CC1)c1cccc(Cl)c1. The Bertz CT molecular complexity index is 1140. The van der Waals surface area contributed by atoms with E-state index >= 15 is 0 Å². The third-order valence-electron chi connectivity index (χ3n) is 5.74. The molecule has 0 aliphatic carbocycles. The molecule has 1 aliphatic heterocycles. The zero-order chi connectivity index (χ0) is 21.8. The minimum Gasteiger partial charge on any atom is -0.356 e. The van der Waals surface area contributed by atoms with Gasteiger partial charge in [0.05, 0.1) is 10.6 Å². The molecule has 0 atom stereocenters. The van der Waals surface area contributed by atoms with Gasteiger partial charge in [-0.15, -0.1) is 0 Å². The third-order valence-corrected chi connectivity index (χ3v) is 7.43. The normalized spacial score (nSPS) is 16.2. The van der Waals surface area contributed by atoms with Crippen molar-refractivity contribution in [2.75, 3.05) is 26.2 Å². The molecule has 0 radical (unpaired) electrons. The Hall–Kier alpha value is -2.00. The number of likely N-dealkylation sites (tertiary alicyclic amines) is 1. The predicted octanol–water partition coefficient (Wildman–Crippen LogP) is 4.56. The quantitative estimate of drug-likeness (QED) is 0.493. The minimum atomic E-state index is -3.53. The summed E-state index contributed by atoms with van der Waals surface area (Å²) >= 11 is 5.88. The number of piperidine rings is 1. The number of benzene rings is 2. The van der Waals surface area contributed by atoms with Crippen molar-refractivity contribution in [3.63, 3.8) is 0 Å². The number of unbranched alkanes of at least 4 members (excludes halogenated alkanes) is 1. The summed E-state index contributed by atoms with van der Waals surface area (Å²) in [5, 5.41) is 5.49.